The van der Waals surface area contributed by atoms with E-state index < -0.39 is 0 Å². The number of aryl methyl sites for hydroxylation is 1. The van der Waals surface area contributed by atoms with Crippen molar-refractivity contribution in [3.05, 3.63) is 77.9 Å². The van der Waals surface area contributed by atoms with Gasteiger partial charge >= 0.3 is 0 Å². The Morgan fingerprint density at radius 3 is 2.66 bits per heavy atom. The van der Waals surface area contributed by atoms with Crippen molar-refractivity contribution in [3.63, 3.8) is 0 Å². The van der Waals surface area contributed by atoms with Crippen LogP contribution in [0.2, 0.25) is 0 Å². The molecule has 2 aromatic carbocycles. The fraction of sp³-hybridized carbons (Fsp3) is 0.500. The van der Waals surface area contributed by atoms with Crippen LogP contribution in [0.1, 0.15) is 75.5 Å². The SMILES string of the molecule is C=CCC1CC(=O)C2(C)CCC3c4ccc(OCc5ccccc5)cc4CCC3C12.CC. The molecular weight excluding hydrogens is 392 g/mol. The van der Waals surface area contributed by atoms with Crippen LogP contribution < -0.4 is 4.74 Å². The van der Waals surface area contributed by atoms with E-state index >= 15 is 0 Å². The third-order valence-corrected chi connectivity index (χ3v) is 8.26. The lowest BCUT2D eigenvalue weighted by Crippen LogP contribution is -2.44. The first kappa shape index (κ1) is 22.8. The number of Topliss-reactive ketones (excluding diaryl/α,β-unsaturated/α-hetero) is 1. The van der Waals surface area contributed by atoms with Crippen LogP contribution in [-0.4, -0.2) is 5.78 Å². The highest BCUT2D eigenvalue weighted by molar-refractivity contribution is 5.87. The topological polar surface area (TPSA) is 26.3 Å². The molecule has 2 saturated carbocycles. The zero-order valence-corrected chi connectivity index (χ0v) is 20.0. The number of ether oxygens (including phenoxy) is 1. The van der Waals surface area contributed by atoms with Gasteiger partial charge < -0.3 is 4.74 Å². The quantitative estimate of drug-likeness (QED) is 0.459. The zero-order chi connectivity index (χ0) is 22.7. The highest BCUT2D eigenvalue weighted by Crippen LogP contribution is 2.62. The molecule has 5 atom stereocenters. The summed E-state index contributed by atoms with van der Waals surface area (Å²) in [5.74, 6) is 3.70. The molecule has 2 fully saturated rings. The van der Waals surface area contributed by atoms with Crippen LogP contribution in [0.3, 0.4) is 0 Å². The van der Waals surface area contributed by atoms with Crippen LogP contribution in [-0.2, 0) is 17.8 Å². The lowest BCUT2D eigenvalue weighted by Gasteiger charge is -2.49. The summed E-state index contributed by atoms with van der Waals surface area (Å²) in [7, 11) is 0. The zero-order valence-electron chi connectivity index (χ0n) is 20.0. The molecule has 2 aromatic rings. The van der Waals surface area contributed by atoms with E-state index in [1.165, 1.54) is 23.1 Å². The molecule has 0 aliphatic heterocycles. The summed E-state index contributed by atoms with van der Waals surface area (Å²) in [4.78, 5) is 12.9. The number of hydrogen-bond donors (Lipinski definition) is 0. The molecule has 170 valence electrons. The Bertz CT molecular complexity index is 947. The van der Waals surface area contributed by atoms with Gasteiger partial charge in [0.1, 0.15) is 18.1 Å². The molecular formula is C30H38O2. The Hall–Kier alpha value is -2.35. The van der Waals surface area contributed by atoms with Crippen molar-refractivity contribution in [1.82, 2.24) is 0 Å². The molecule has 3 aliphatic rings. The molecule has 0 heterocycles. The molecule has 0 radical (unpaired) electrons. The third kappa shape index (κ3) is 4.05. The fourth-order valence-electron chi connectivity index (χ4n) is 6.88. The van der Waals surface area contributed by atoms with Gasteiger partial charge in [-0.3, -0.25) is 4.79 Å². The number of fused-ring (bicyclic) bond motifs is 5. The number of allylic oxidation sites excluding steroid dienone is 1. The van der Waals surface area contributed by atoms with Gasteiger partial charge in [-0.1, -0.05) is 63.2 Å². The standard InChI is InChI=1S/C28H32O2.C2H6/c1-3-7-21-17-26(29)28(2)15-14-24-23-13-11-22(30-18-19-8-5-4-6-9-19)16-20(23)10-12-25(24)27(21)28;1-2/h3-6,8-9,11,13,16,21,24-25,27H,1,7,10,12,14-15,17-18H2,2H3;1-2H3. The van der Waals surface area contributed by atoms with Gasteiger partial charge in [0.25, 0.3) is 0 Å². The van der Waals surface area contributed by atoms with Crippen molar-refractivity contribution >= 4 is 5.78 Å². The van der Waals surface area contributed by atoms with E-state index in [1.807, 2.05) is 26.0 Å². The van der Waals surface area contributed by atoms with Gasteiger partial charge in [0.15, 0.2) is 0 Å². The molecule has 0 spiro atoms. The Balaban J connectivity index is 0.00000119. The van der Waals surface area contributed by atoms with Crippen LogP contribution in [0.25, 0.3) is 0 Å². The summed E-state index contributed by atoms with van der Waals surface area (Å²) < 4.78 is 6.09. The Labute approximate surface area is 194 Å². The van der Waals surface area contributed by atoms with Gasteiger partial charge in [-0.2, -0.15) is 0 Å². The summed E-state index contributed by atoms with van der Waals surface area (Å²) in [6.45, 7) is 10.8. The summed E-state index contributed by atoms with van der Waals surface area (Å²) in [6, 6.07) is 17.1. The number of carbonyl (C=O) groups is 1. The van der Waals surface area contributed by atoms with Crippen molar-refractivity contribution in [2.45, 2.75) is 71.8 Å². The van der Waals surface area contributed by atoms with E-state index in [-0.39, 0.29) is 5.41 Å². The predicted octanol–water partition coefficient (Wildman–Crippen LogP) is 7.52. The molecule has 0 bridgehead atoms. The number of hydrogen-bond acceptors (Lipinski definition) is 2. The molecule has 0 aromatic heterocycles. The summed E-state index contributed by atoms with van der Waals surface area (Å²) in [5, 5.41) is 0. The largest absolute Gasteiger partial charge is 0.489 e. The lowest BCUT2D eigenvalue weighted by molar-refractivity contribution is -0.129. The molecule has 0 saturated heterocycles. The van der Waals surface area contributed by atoms with Gasteiger partial charge in [-0.05, 0) is 84.6 Å². The van der Waals surface area contributed by atoms with Gasteiger partial charge in [0, 0.05) is 11.8 Å². The third-order valence-electron chi connectivity index (χ3n) is 8.26. The maximum absolute atomic E-state index is 12.9. The fourth-order valence-corrected chi connectivity index (χ4v) is 6.88. The second kappa shape index (κ2) is 9.65. The summed E-state index contributed by atoms with van der Waals surface area (Å²) in [5.41, 5.74) is 4.05. The monoisotopic (exact) mass is 430 g/mol. The second-order valence-corrected chi connectivity index (χ2v) is 9.84. The van der Waals surface area contributed by atoms with E-state index in [9.17, 15) is 4.79 Å². The molecule has 0 amide bonds. The smallest absolute Gasteiger partial charge is 0.139 e. The van der Waals surface area contributed by atoms with E-state index in [0.29, 0.717) is 36.1 Å². The van der Waals surface area contributed by atoms with Crippen LogP contribution in [0.4, 0.5) is 0 Å². The van der Waals surface area contributed by atoms with Gasteiger partial charge in [-0.25, -0.2) is 0 Å². The molecule has 0 N–H and O–H groups in total. The predicted molar refractivity (Wildman–Crippen MR) is 132 cm³/mol. The van der Waals surface area contributed by atoms with Crippen molar-refractivity contribution < 1.29 is 9.53 Å². The van der Waals surface area contributed by atoms with Crippen LogP contribution >= 0.6 is 0 Å². The minimum absolute atomic E-state index is 0.106. The first-order chi connectivity index (χ1) is 15.6. The minimum Gasteiger partial charge on any atom is -0.489 e. The average Bonchev–Trinajstić information content (AvgIpc) is 3.09. The Morgan fingerprint density at radius 1 is 1.12 bits per heavy atom. The van der Waals surface area contributed by atoms with Gasteiger partial charge in [0.05, 0.1) is 0 Å². The number of ketones is 1. The van der Waals surface area contributed by atoms with Gasteiger partial charge in [0.2, 0.25) is 0 Å². The summed E-state index contributed by atoms with van der Waals surface area (Å²) >= 11 is 0. The highest BCUT2D eigenvalue weighted by Gasteiger charge is 2.58. The normalized spacial score (nSPS) is 30.3. The lowest BCUT2D eigenvalue weighted by atomic mass is 9.54. The van der Waals surface area contributed by atoms with E-state index in [2.05, 4.69) is 56.0 Å². The van der Waals surface area contributed by atoms with Crippen molar-refractivity contribution in [2.75, 3.05) is 0 Å². The van der Waals surface area contributed by atoms with Crippen LogP contribution in [0, 0.1) is 23.2 Å². The molecule has 32 heavy (non-hydrogen) atoms. The molecule has 2 heteroatoms. The molecule has 2 nitrogen and oxygen atoms in total. The number of benzene rings is 2. The average molecular weight is 431 g/mol. The summed E-state index contributed by atoms with van der Waals surface area (Å²) in [6.07, 6.45) is 8.24. The first-order valence-corrected chi connectivity index (χ1v) is 12.5. The van der Waals surface area contributed by atoms with Crippen molar-refractivity contribution in [3.8, 4) is 5.75 Å². The first-order valence-electron chi connectivity index (χ1n) is 12.5. The van der Waals surface area contributed by atoms with E-state index in [0.717, 1.165) is 37.9 Å². The van der Waals surface area contributed by atoms with Gasteiger partial charge in [-0.15, -0.1) is 6.58 Å². The number of rotatable bonds is 5. The van der Waals surface area contributed by atoms with Crippen LogP contribution in [0.5, 0.6) is 5.75 Å². The van der Waals surface area contributed by atoms with Crippen LogP contribution in [0.15, 0.2) is 61.2 Å². The number of carbonyl (C=O) groups excluding carboxylic acids is 1. The molecule has 3 aliphatic carbocycles. The van der Waals surface area contributed by atoms with Crippen molar-refractivity contribution in [1.29, 1.82) is 0 Å². The van der Waals surface area contributed by atoms with E-state index in [4.69, 9.17) is 4.74 Å². The van der Waals surface area contributed by atoms with E-state index in [1.54, 1.807) is 0 Å². The maximum Gasteiger partial charge on any atom is 0.139 e. The Kier molecular flexibility index (Phi) is 6.88. The highest BCUT2D eigenvalue weighted by atomic mass is 16.5. The van der Waals surface area contributed by atoms with Crippen molar-refractivity contribution in [2.24, 2.45) is 23.2 Å². The molecule has 5 rings (SSSR count). The maximum atomic E-state index is 12.9. The Morgan fingerprint density at radius 2 is 1.91 bits per heavy atom. The molecule has 5 unspecified atom stereocenters. The minimum atomic E-state index is -0.106. The second-order valence-electron chi connectivity index (χ2n) is 9.84.